The van der Waals surface area contributed by atoms with Crippen LogP contribution in [0.4, 0.5) is 5.69 Å². The lowest BCUT2D eigenvalue weighted by atomic mass is 10.0. The number of amides is 2. The molecule has 0 radical (unpaired) electrons. The Kier molecular flexibility index (Phi) is 13.0. The van der Waals surface area contributed by atoms with Crippen molar-refractivity contribution in [2.24, 2.45) is 0 Å². The van der Waals surface area contributed by atoms with Gasteiger partial charge >= 0.3 is 0 Å². The number of para-hydroxylation sites is 2. The molecule has 0 fully saturated rings. The van der Waals surface area contributed by atoms with Crippen LogP contribution < -0.4 is 14.4 Å². The summed E-state index contributed by atoms with van der Waals surface area (Å²) >= 11 is 14.6. The van der Waals surface area contributed by atoms with Gasteiger partial charge in [0, 0.05) is 40.0 Å². The molecular formula is C35H37Cl2N3O5S2. The van der Waals surface area contributed by atoms with Gasteiger partial charge in [-0.15, -0.1) is 11.8 Å². The fraction of sp³-hybridized carbons (Fsp3) is 0.257. The van der Waals surface area contributed by atoms with Gasteiger partial charge in [0.15, 0.2) is 0 Å². The Balaban J connectivity index is 1.86. The molecule has 47 heavy (non-hydrogen) atoms. The van der Waals surface area contributed by atoms with E-state index in [1.54, 1.807) is 68.4 Å². The molecule has 1 atom stereocenters. The van der Waals surface area contributed by atoms with Gasteiger partial charge in [-0.1, -0.05) is 71.7 Å². The third-order valence-electron chi connectivity index (χ3n) is 7.37. The van der Waals surface area contributed by atoms with Crippen LogP contribution in [0.25, 0.3) is 0 Å². The predicted molar refractivity (Wildman–Crippen MR) is 190 cm³/mol. The van der Waals surface area contributed by atoms with Gasteiger partial charge in [-0.25, -0.2) is 8.42 Å². The summed E-state index contributed by atoms with van der Waals surface area (Å²) in [6.07, 6.45) is 2.06. The van der Waals surface area contributed by atoms with Gasteiger partial charge in [-0.2, -0.15) is 0 Å². The summed E-state index contributed by atoms with van der Waals surface area (Å²) in [5, 5.41) is 3.46. The molecular weight excluding hydrogens is 677 g/mol. The molecule has 0 spiro atoms. The quantitative estimate of drug-likeness (QED) is 0.132. The zero-order chi connectivity index (χ0) is 34.0. The molecule has 0 aliphatic heterocycles. The minimum atomic E-state index is -4.31. The molecule has 4 aromatic carbocycles. The van der Waals surface area contributed by atoms with E-state index in [1.165, 1.54) is 28.8 Å². The van der Waals surface area contributed by atoms with Crippen LogP contribution in [0.5, 0.6) is 5.75 Å². The number of carbonyl (C=O) groups is 2. The Hall–Kier alpha value is -3.70. The highest BCUT2D eigenvalue weighted by atomic mass is 35.5. The molecule has 8 nitrogen and oxygen atoms in total. The molecule has 0 saturated carbocycles. The molecule has 4 rings (SSSR count). The average Bonchev–Trinajstić information content (AvgIpc) is 3.07. The largest absolute Gasteiger partial charge is 0.492 e. The third-order valence-corrected chi connectivity index (χ3v) is 10.6. The lowest BCUT2D eigenvalue weighted by Gasteiger charge is -2.34. The topological polar surface area (TPSA) is 96.0 Å². The third kappa shape index (κ3) is 9.01. The molecule has 0 bridgehead atoms. The number of hydrogen-bond acceptors (Lipinski definition) is 6. The molecule has 248 valence electrons. The monoisotopic (exact) mass is 713 g/mol. The molecule has 4 aromatic rings. The SMILES string of the molecule is CCNC(=O)C(Cc1ccccc1)N(Cc1c(Cl)cccc1Cl)C(=O)CN(c1ccccc1OCC)S(=O)(=O)c1ccc(SC)cc1. The predicted octanol–water partition coefficient (Wildman–Crippen LogP) is 7.09. The molecule has 0 aromatic heterocycles. The normalized spacial score (nSPS) is 11.9. The Morgan fingerprint density at radius 1 is 0.872 bits per heavy atom. The number of ether oxygens (including phenoxy) is 1. The van der Waals surface area contributed by atoms with Crippen molar-refractivity contribution in [3.8, 4) is 5.75 Å². The van der Waals surface area contributed by atoms with Gasteiger partial charge in [0.05, 0.1) is 17.2 Å². The van der Waals surface area contributed by atoms with Gasteiger partial charge in [-0.3, -0.25) is 13.9 Å². The number of thioether (sulfide) groups is 1. The number of hydrogen-bond donors (Lipinski definition) is 1. The van der Waals surface area contributed by atoms with Gasteiger partial charge in [-0.05, 0) is 74.2 Å². The number of likely N-dealkylation sites (N-methyl/N-ethyl adjacent to an activating group) is 1. The Labute approximate surface area is 291 Å². The van der Waals surface area contributed by atoms with Crippen LogP contribution in [-0.4, -0.2) is 57.1 Å². The molecule has 12 heteroatoms. The first-order chi connectivity index (χ1) is 22.6. The van der Waals surface area contributed by atoms with Crippen LogP contribution in [0.3, 0.4) is 0 Å². The van der Waals surface area contributed by atoms with Crippen molar-refractivity contribution in [1.82, 2.24) is 10.2 Å². The van der Waals surface area contributed by atoms with Gasteiger partial charge in [0.1, 0.15) is 18.3 Å². The summed E-state index contributed by atoms with van der Waals surface area (Å²) in [6.45, 7) is 3.40. The molecule has 2 amide bonds. The van der Waals surface area contributed by atoms with Crippen molar-refractivity contribution < 1.29 is 22.7 Å². The van der Waals surface area contributed by atoms with Crippen LogP contribution in [0.15, 0.2) is 107 Å². The van der Waals surface area contributed by atoms with Crippen LogP contribution in [0, 0.1) is 0 Å². The second kappa shape index (κ2) is 16.9. The van der Waals surface area contributed by atoms with Crippen LogP contribution in [0.1, 0.15) is 25.0 Å². The fourth-order valence-electron chi connectivity index (χ4n) is 5.03. The van der Waals surface area contributed by atoms with Crippen molar-refractivity contribution in [2.75, 3.05) is 30.3 Å². The number of sulfonamides is 1. The number of benzene rings is 4. The lowest BCUT2D eigenvalue weighted by Crippen LogP contribution is -2.53. The van der Waals surface area contributed by atoms with E-state index in [0.29, 0.717) is 22.2 Å². The highest BCUT2D eigenvalue weighted by Gasteiger charge is 2.36. The van der Waals surface area contributed by atoms with Gasteiger partial charge in [0.25, 0.3) is 10.0 Å². The van der Waals surface area contributed by atoms with Crippen LogP contribution >= 0.6 is 35.0 Å². The number of anilines is 1. The van der Waals surface area contributed by atoms with E-state index in [2.05, 4.69) is 5.32 Å². The van der Waals surface area contributed by atoms with E-state index in [4.69, 9.17) is 27.9 Å². The first kappa shape index (κ1) is 36.1. The lowest BCUT2D eigenvalue weighted by molar-refractivity contribution is -0.140. The highest BCUT2D eigenvalue weighted by Crippen LogP contribution is 2.34. The number of rotatable bonds is 15. The maximum atomic E-state index is 14.7. The fourth-order valence-corrected chi connectivity index (χ4v) is 7.38. The maximum absolute atomic E-state index is 14.7. The second-order valence-electron chi connectivity index (χ2n) is 10.4. The summed E-state index contributed by atoms with van der Waals surface area (Å²) < 4.78 is 35.6. The van der Waals surface area contributed by atoms with Crippen molar-refractivity contribution in [3.63, 3.8) is 0 Å². The summed E-state index contributed by atoms with van der Waals surface area (Å²) in [7, 11) is -4.31. The molecule has 1 unspecified atom stereocenters. The minimum Gasteiger partial charge on any atom is -0.492 e. The van der Waals surface area contributed by atoms with E-state index in [1.807, 2.05) is 36.6 Å². The Morgan fingerprint density at radius 3 is 2.13 bits per heavy atom. The van der Waals surface area contributed by atoms with Gasteiger partial charge < -0.3 is 15.0 Å². The summed E-state index contributed by atoms with van der Waals surface area (Å²) in [6, 6.07) is 26.3. The average molecular weight is 715 g/mol. The Bertz CT molecular complexity index is 1750. The van der Waals surface area contributed by atoms with E-state index in [9.17, 15) is 18.0 Å². The number of carbonyl (C=O) groups excluding carboxylic acids is 2. The molecule has 0 aliphatic carbocycles. The number of nitrogens with zero attached hydrogens (tertiary/aromatic N) is 2. The zero-order valence-electron chi connectivity index (χ0n) is 26.4. The van der Waals surface area contributed by atoms with Gasteiger partial charge in [0.2, 0.25) is 11.8 Å². The smallest absolute Gasteiger partial charge is 0.264 e. The molecule has 1 N–H and O–H groups in total. The molecule has 0 saturated heterocycles. The van der Waals surface area contributed by atoms with E-state index < -0.39 is 34.4 Å². The molecule has 0 heterocycles. The minimum absolute atomic E-state index is 0.000314. The van der Waals surface area contributed by atoms with Crippen molar-refractivity contribution >= 4 is 62.5 Å². The zero-order valence-corrected chi connectivity index (χ0v) is 29.5. The maximum Gasteiger partial charge on any atom is 0.264 e. The first-order valence-corrected chi connectivity index (χ1v) is 18.4. The Morgan fingerprint density at radius 2 is 1.51 bits per heavy atom. The van der Waals surface area contributed by atoms with E-state index >= 15 is 0 Å². The highest BCUT2D eigenvalue weighted by molar-refractivity contribution is 7.98. The summed E-state index contributed by atoms with van der Waals surface area (Å²) in [5.41, 5.74) is 1.43. The number of halogens is 2. The van der Waals surface area contributed by atoms with Crippen LogP contribution in [-0.2, 0) is 32.6 Å². The van der Waals surface area contributed by atoms with Crippen molar-refractivity contribution in [1.29, 1.82) is 0 Å². The second-order valence-corrected chi connectivity index (χ2v) is 14.0. The molecule has 0 aliphatic rings. The van der Waals surface area contributed by atoms with E-state index in [0.717, 1.165) is 14.8 Å². The van der Waals surface area contributed by atoms with Crippen molar-refractivity contribution in [3.05, 3.63) is 118 Å². The summed E-state index contributed by atoms with van der Waals surface area (Å²) in [4.78, 5) is 30.6. The van der Waals surface area contributed by atoms with E-state index in [-0.39, 0.29) is 35.9 Å². The summed E-state index contributed by atoms with van der Waals surface area (Å²) in [5.74, 6) is -0.745. The van der Waals surface area contributed by atoms with Crippen LogP contribution in [0.2, 0.25) is 10.0 Å². The van der Waals surface area contributed by atoms with Crippen molar-refractivity contribution in [2.45, 2.75) is 42.6 Å². The first-order valence-electron chi connectivity index (χ1n) is 15.0. The standard InChI is InChI=1S/C35H37Cl2N3O5S2/c1-4-38-35(42)32(22-25-12-7-6-8-13-25)39(23-28-29(36)14-11-15-30(28)37)34(41)24-40(31-16-9-10-17-33(31)45-5-2)47(43,44)27-20-18-26(46-3)19-21-27/h6-21,32H,4-5,22-24H2,1-3H3,(H,38,42). The number of nitrogens with one attached hydrogen (secondary N) is 1.